The lowest BCUT2D eigenvalue weighted by Gasteiger charge is -2.39. The summed E-state index contributed by atoms with van der Waals surface area (Å²) >= 11 is 0. The van der Waals surface area contributed by atoms with E-state index in [2.05, 4.69) is 16.0 Å². The predicted molar refractivity (Wildman–Crippen MR) is 140 cm³/mol. The van der Waals surface area contributed by atoms with Crippen molar-refractivity contribution in [1.82, 2.24) is 20.9 Å². The Morgan fingerprint density at radius 3 is 2.24 bits per heavy atom. The van der Waals surface area contributed by atoms with Crippen LogP contribution in [0.3, 0.4) is 0 Å². The van der Waals surface area contributed by atoms with Gasteiger partial charge in [-0.25, -0.2) is 9.59 Å². The van der Waals surface area contributed by atoms with Crippen molar-refractivity contribution < 1.29 is 28.7 Å². The Morgan fingerprint density at radius 1 is 0.895 bits per heavy atom. The maximum Gasteiger partial charge on any atom is 0.407 e. The fourth-order valence-electron chi connectivity index (χ4n) is 4.31. The van der Waals surface area contributed by atoms with Crippen LogP contribution in [-0.4, -0.2) is 54.4 Å². The van der Waals surface area contributed by atoms with Gasteiger partial charge in [0.25, 0.3) is 5.91 Å². The fraction of sp³-hybridized carbons (Fsp3) is 0.393. The molecule has 1 aliphatic heterocycles. The van der Waals surface area contributed by atoms with E-state index in [9.17, 15) is 24.0 Å². The normalized spacial score (nSPS) is 17.1. The Kier molecular flexibility index (Phi) is 10.4. The first kappa shape index (κ1) is 28.4. The van der Waals surface area contributed by atoms with E-state index in [-0.39, 0.29) is 31.9 Å². The van der Waals surface area contributed by atoms with E-state index < -0.39 is 29.4 Å². The number of carbonyl (C=O) groups is 5. The van der Waals surface area contributed by atoms with Crippen LogP contribution in [0, 0.1) is 0 Å². The molecule has 0 bridgehead atoms. The molecule has 0 aromatic heterocycles. The minimum Gasteiger partial charge on any atom is -0.445 e. The Bertz CT molecular complexity index is 1120. The maximum absolute atomic E-state index is 13.3. The number of barbiturate groups is 1. The Labute approximate surface area is 222 Å². The van der Waals surface area contributed by atoms with Gasteiger partial charge in [-0.1, -0.05) is 67.6 Å². The van der Waals surface area contributed by atoms with E-state index >= 15 is 0 Å². The second kappa shape index (κ2) is 13.9. The summed E-state index contributed by atoms with van der Waals surface area (Å²) in [5.74, 6) is -1.32. The Balaban J connectivity index is 1.33. The van der Waals surface area contributed by atoms with Crippen molar-refractivity contribution in [2.45, 2.75) is 51.0 Å². The molecule has 10 heteroatoms. The standard InChI is InChI=1S/C28H34N4O6/c1-2-28(22-14-7-4-8-15-22)24(34)31-26(36)32(25(28)35)19-10-9-16-23(33)29-17-11-18-30-27(37)38-20-21-12-5-3-6-13-21/h3-8,12-15H,2,9-11,16-20H2,1H3,(H,29,33)(H,30,37)(H,31,34,36). The molecule has 1 atom stereocenters. The highest BCUT2D eigenvalue weighted by atomic mass is 16.5. The molecular formula is C28H34N4O6. The third kappa shape index (κ3) is 7.18. The van der Waals surface area contributed by atoms with Gasteiger partial charge < -0.3 is 15.4 Å². The quantitative estimate of drug-likeness (QED) is 0.274. The first-order valence-electron chi connectivity index (χ1n) is 12.8. The van der Waals surface area contributed by atoms with Crippen molar-refractivity contribution in [3.05, 3.63) is 71.8 Å². The topological polar surface area (TPSA) is 134 Å². The molecular weight excluding hydrogens is 488 g/mol. The molecule has 38 heavy (non-hydrogen) atoms. The zero-order chi connectivity index (χ0) is 27.4. The molecule has 10 nitrogen and oxygen atoms in total. The number of benzene rings is 2. The highest BCUT2D eigenvalue weighted by Crippen LogP contribution is 2.33. The number of imide groups is 2. The summed E-state index contributed by atoms with van der Waals surface area (Å²) in [5.41, 5.74) is -0.00968. The first-order chi connectivity index (χ1) is 18.4. The van der Waals surface area contributed by atoms with E-state index in [0.717, 1.165) is 10.5 Å². The summed E-state index contributed by atoms with van der Waals surface area (Å²) < 4.78 is 5.12. The largest absolute Gasteiger partial charge is 0.445 e. The SMILES string of the molecule is CCC1(c2ccccc2)C(=O)NC(=O)N(CCCCC(=O)NCCCNC(=O)OCc2ccccc2)C1=O. The summed E-state index contributed by atoms with van der Waals surface area (Å²) in [6, 6.07) is 17.3. The number of rotatable bonds is 13. The summed E-state index contributed by atoms with van der Waals surface area (Å²) in [6.07, 6.45) is 1.36. The third-order valence-electron chi connectivity index (χ3n) is 6.45. The lowest BCUT2D eigenvalue weighted by Crippen LogP contribution is -2.65. The average molecular weight is 523 g/mol. The number of unbranched alkanes of at least 4 members (excludes halogenated alkanes) is 1. The molecule has 2 aromatic rings. The molecule has 0 spiro atoms. The number of hydrogen-bond donors (Lipinski definition) is 3. The van der Waals surface area contributed by atoms with Crippen molar-refractivity contribution >= 4 is 29.8 Å². The number of urea groups is 1. The summed E-state index contributed by atoms with van der Waals surface area (Å²) in [6.45, 7) is 2.79. The van der Waals surface area contributed by atoms with Crippen LogP contribution in [0.1, 0.15) is 50.2 Å². The monoisotopic (exact) mass is 522 g/mol. The van der Waals surface area contributed by atoms with Gasteiger partial charge in [-0.3, -0.25) is 24.6 Å². The first-order valence-corrected chi connectivity index (χ1v) is 12.8. The molecule has 1 aliphatic rings. The summed E-state index contributed by atoms with van der Waals surface area (Å²) in [4.78, 5) is 63.4. The van der Waals surface area contributed by atoms with Crippen LogP contribution in [0.5, 0.6) is 0 Å². The highest BCUT2D eigenvalue weighted by molar-refractivity contribution is 6.22. The molecule has 0 saturated carbocycles. The van der Waals surface area contributed by atoms with Crippen LogP contribution in [0.25, 0.3) is 0 Å². The second-order valence-corrected chi connectivity index (χ2v) is 8.99. The van der Waals surface area contributed by atoms with Crippen LogP contribution < -0.4 is 16.0 Å². The molecule has 3 rings (SSSR count). The lowest BCUT2D eigenvalue weighted by molar-refractivity contribution is -0.145. The number of nitrogens with one attached hydrogen (secondary N) is 3. The third-order valence-corrected chi connectivity index (χ3v) is 6.45. The number of nitrogens with zero attached hydrogens (tertiary/aromatic N) is 1. The molecule has 1 saturated heterocycles. The summed E-state index contributed by atoms with van der Waals surface area (Å²) in [7, 11) is 0. The number of hydrogen-bond acceptors (Lipinski definition) is 6. The van der Waals surface area contributed by atoms with E-state index in [4.69, 9.17) is 4.74 Å². The lowest BCUT2D eigenvalue weighted by atomic mass is 9.74. The Hall–Kier alpha value is -4.21. The molecule has 0 radical (unpaired) electrons. The number of carbonyl (C=O) groups excluding carboxylic acids is 5. The van der Waals surface area contributed by atoms with Crippen LogP contribution in [0.2, 0.25) is 0 Å². The van der Waals surface area contributed by atoms with Gasteiger partial charge in [-0.15, -0.1) is 0 Å². The van der Waals surface area contributed by atoms with Gasteiger partial charge in [0.1, 0.15) is 6.61 Å². The van der Waals surface area contributed by atoms with Crippen molar-refractivity contribution in [2.75, 3.05) is 19.6 Å². The van der Waals surface area contributed by atoms with Crippen LogP contribution >= 0.6 is 0 Å². The average Bonchev–Trinajstić information content (AvgIpc) is 2.93. The van der Waals surface area contributed by atoms with E-state index in [1.807, 2.05) is 30.3 Å². The van der Waals surface area contributed by atoms with Gasteiger partial charge in [-0.2, -0.15) is 0 Å². The Morgan fingerprint density at radius 2 is 1.55 bits per heavy atom. The second-order valence-electron chi connectivity index (χ2n) is 8.99. The van der Waals surface area contributed by atoms with Crippen molar-refractivity contribution in [3.8, 4) is 0 Å². The molecule has 0 aliphatic carbocycles. The number of alkyl carbamates (subject to hydrolysis) is 1. The molecule has 3 N–H and O–H groups in total. The molecule has 1 fully saturated rings. The zero-order valence-corrected chi connectivity index (χ0v) is 21.5. The highest BCUT2D eigenvalue weighted by Gasteiger charge is 2.53. The van der Waals surface area contributed by atoms with Gasteiger partial charge in [-0.05, 0) is 36.8 Å². The van der Waals surface area contributed by atoms with Gasteiger partial charge >= 0.3 is 12.1 Å². The van der Waals surface area contributed by atoms with Gasteiger partial charge in [0.2, 0.25) is 11.8 Å². The van der Waals surface area contributed by atoms with Crippen LogP contribution in [-0.2, 0) is 31.1 Å². The van der Waals surface area contributed by atoms with E-state index in [1.165, 1.54) is 0 Å². The smallest absolute Gasteiger partial charge is 0.407 e. The number of ether oxygens (including phenoxy) is 1. The van der Waals surface area contributed by atoms with Crippen LogP contribution in [0.4, 0.5) is 9.59 Å². The van der Waals surface area contributed by atoms with Crippen molar-refractivity contribution in [1.29, 1.82) is 0 Å². The minimum atomic E-state index is -1.45. The van der Waals surface area contributed by atoms with Crippen molar-refractivity contribution in [3.63, 3.8) is 0 Å². The zero-order valence-electron chi connectivity index (χ0n) is 21.5. The predicted octanol–water partition coefficient (Wildman–Crippen LogP) is 3.02. The minimum absolute atomic E-state index is 0.106. The fourth-order valence-corrected chi connectivity index (χ4v) is 4.31. The van der Waals surface area contributed by atoms with Crippen molar-refractivity contribution in [2.24, 2.45) is 0 Å². The molecule has 6 amide bonds. The van der Waals surface area contributed by atoms with E-state index in [1.54, 1.807) is 37.3 Å². The van der Waals surface area contributed by atoms with Gasteiger partial charge in [0, 0.05) is 26.1 Å². The van der Waals surface area contributed by atoms with Gasteiger partial charge in [0.05, 0.1) is 0 Å². The van der Waals surface area contributed by atoms with Crippen LogP contribution in [0.15, 0.2) is 60.7 Å². The van der Waals surface area contributed by atoms with E-state index in [0.29, 0.717) is 37.9 Å². The molecule has 1 unspecified atom stereocenters. The molecule has 1 heterocycles. The molecule has 2 aromatic carbocycles. The number of amides is 6. The molecule has 202 valence electrons. The summed E-state index contributed by atoms with van der Waals surface area (Å²) in [5, 5.41) is 7.75. The van der Waals surface area contributed by atoms with Gasteiger partial charge in [0.15, 0.2) is 5.41 Å². The maximum atomic E-state index is 13.3.